The standard InChI is InChI=1S/C22H21ClN2O3S/c1-14(2)22-25-18(13-29-22)11-24-20(26)12-28-19-9-5-16(6-10-19)21(27)15-3-7-17(23)8-4-15/h3-10,13-14H,11-12H2,1-2H3,(H,24,26). The van der Waals surface area contributed by atoms with Gasteiger partial charge in [-0.05, 0) is 48.5 Å². The average Bonchev–Trinajstić information content (AvgIpc) is 3.21. The monoisotopic (exact) mass is 428 g/mol. The van der Waals surface area contributed by atoms with Gasteiger partial charge in [-0.25, -0.2) is 4.98 Å². The molecule has 0 spiro atoms. The molecule has 2 aromatic carbocycles. The SMILES string of the molecule is CC(C)c1nc(CNC(=O)COc2ccc(C(=O)c3ccc(Cl)cc3)cc2)cs1. The molecule has 1 amide bonds. The van der Waals surface area contributed by atoms with Gasteiger partial charge in [0.15, 0.2) is 12.4 Å². The number of ketones is 1. The highest BCUT2D eigenvalue weighted by Crippen LogP contribution is 2.19. The van der Waals surface area contributed by atoms with Crippen LogP contribution in [-0.2, 0) is 11.3 Å². The maximum absolute atomic E-state index is 12.4. The van der Waals surface area contributed by atoms with E-state index in [1.54, 1.807) is 59.9 Å². The summed E-state index contributed by atoms with van der Waals surface area (Å²) in [5, 5.41) is 6.38. The molecule has 5 nitrogen and oxygen atoms in total. The number of nitrogens with one attached hydrogen (secondary N) is 1. The average molecular weight is 429 g/mol. The molecule has 0 aliphatic heterocycles. The smallest absolute Gasteiger partial charge is 0.258 e. The molecule has 0 atom stereocenters. The number of carbonyl (C=O) groups excluding carboxylic acids is 2. The highest BCUT2D eigenvalue weighted by atomic mass is 35.5. The number of ether oxygens (including phenoxy) is 1. The van der Waals surface area contributed by atoms with Crippen LogP contribution in [0.1, 0.15) is 46.4 Å². The van der Waals surface area contributed by atoms with E-state index in [4.69, 9.17) is 16.3 Å². The molecule has 0 radical (unpaired) electrons. The van der Waals surface area contributed by atoms with E-state index >= 15 is 0 Å². The second-order valence-corrected chi connectivity index (χ2v) is 8.08. The number of hydrogen-bond acceptors (Lipinski definition) is 5. The lowest BCUT2D eigenvalue weighted by molar-refractivity contribution is -0.123. The Morgan fingerprint density at radius 2 is 1.69 bits per heavy atom. The summed E-state index contributed by atoms with van der Waals surface area (Å²) in [6.45, 7) is 4.44. The molecule has 3 aromatic rings. The van der Waals surface area contributed by atoms with Crippen molar-refractivity contribution in [1.82, 2.24) is 10.3 Å². The van der Waals surface area contributed by atoms with Gasteiger partial charge in [-0.1, -0.05) is 25.4 Å². The van der Waals surface area contributed by atoms with Gasteiger partial charge < -0.3 is 10.1 Å². The first-order valence-corrected chi connectivity index (χ1v) is 10.4. The van der Waals surface area contributed by atoms with Gasteiger partial charge in [0.2, 0.25) is 0 Å². The van der Waals surface area contributed by atoms with E-state index in [1.165, 1.54) is 0 Å². The number of nitrogens with zero attached hydrogens (tertiary/aromatic N) is 1. The number of thiazole rings is 1. The third-order valence-electron chi connectivity index (χ3n) is 4.12. The quantitative estimate of drug-likeness (QED) is 0.521. The fourth-order valence-electron chi connectivity index (χ4n) is 2.53. The third-order valence-corrected chi connectivity index (χ3v) is 5.57. The van der Waals surface area contributed by atoms with Crippen LogP contribution < -0.4 is 10.1 Å². The van der Waals surface area contributed by atoms with Gasteiger partial charge in [-0.15, -0.1) is 11.3 Å². The molecule has 1 aromatic heterocycles. The van der Waals surface area contributed by atoms with Crippen molar-refractivity contribution in [3.63, 3.8) is 0 Å². The maximum Gasteiger partial charge on any atom is 0.258 e. The molecule has 0 fully saturated rings. The van der Waals surface area contributed by atoms with E-state index in [-0.39, 0.29) is 18.3 Å². The van der Waals surface area contributed by atoms with Crippen molar-refractivity contribution < 1.29 is 14.3 Å². The minimum atomic E-state index is -0.231. The van der Waals surface area contributed by atoms with Gasteiger partial charge in [0, 0.05) is 27.4 Å². The normalized spacial score (nSPS) is 10.8. The topological polar surface area (TPSA) is 68.3 Å². The number of carbonyl (C=O) groups is 2. The van der Waals surface area contributed by atoms with Crippen LogP contribution in [0.2, 0.25) is 5.02 Å². The lowest BCUT2D eigenvalue weighted by Crippen LogP contribution is -2.28. The second kappa shape index (κ2) is 9.67. The molecule has 7 heteroatoms. The van der Waals surface area contributed by atoms with E-state index in [0.29, 0.717) is 34.4 Å². The predicted molar refractivity (Wildman–Crippen MR) is 115 cm³/mol. The van der Waals surface area contributed by atoms with E-state index < -0.39 is 0 Å². The Bertz CT molecular complexity index is 982. The van der Waals surface area contributed by atoms with E-state index in [9.17, 15) is 9.59 Å². The first kappa shape index (κ1) is 21.0. The molecule has 1 N–H and O–H groups in total. The van der Waals surface area contributed by atoms with Crippen molar-refractivity contribution in [2.75, 3.05) is 6.61 Å². The summed E-state index contributed by atoms with van der Waals surface area (Å²) >= 11 is 7.45. The highest BCUT2D eigenvalue weighted by Gasteiger charge is 2.10. The van der Waals surface area contributed by atoms with E-state index in [0.717, 1.165) is 10.7 Å². The van der Waals surface area contributed by atoms with Gasteiger partial charge >= 0.3 is 0 Å². The Labute approximate surface area is 178 Å². The Kier molecular flexibility index (Phi) is 7.01. The summed E-state index contributed by atoms with van der Waals surface area (Å²) in [4.78, 5) is 28.9. The molecule has 0 aliphatic carbocycles. The van der Waals surface area contributed by atoms with Crippen molar-refractivity contribution in [3.8, 4) is 5.75 Å². The van der Waals surface area contributed by atoms with Crippen molar-refractivity contribution in [2.45, 2.75) is 26.3 Å². The third kappa shape index (κ3) is 5.89. The largest absolute Gasteiger partial charge is 0.484 e. The molecule has 0 aliphatic rings. The number of halogens is 1. The van der Waals surface area contributed by atoms with Crippen LogP contribution in [-0.4, -0.2) is 23.3 Å². The Morgan fingerprint density at radius 1 is 1.07 bits per heavy atom. The first-order chi connectivity index (χ1) is 13.9. The highest BCUT2D eigenvalue weighted by molar-refractivity contribution is 7.09. The lowest BCUT2D eigenvalue weighted by Gasteiger charge is -2.08. The Morgan fingerprint density at radius 3 is 2.28 bits per heavy atom. The van der Waals surface area contributed by atoms with E-state index in [1.807, 2.05) is 5.38 Å². The Balaban J connectivity index is 1.48. The van der Waals surface area contributed by atoms with Crippen molar-refractivity contribution in [2.24, 2.45) is 0 Å². The number of benzene rings is 2. The van der Waals surface area contributed by atoms with Crippen molar-refractivity contribution in [3.05, 3.63) is 80.8 Å². The van der Waals surface area contributed by atoms with Crippen LogP contribution in [0.15, 0.2) is 53.9 Å². The summed E-state index contributed by atoms with van der Waals surface area (Å²) in [7, 11) is 0. The van der Waals surface area contributed by atoms with Crippen LogP contribution >= 0.6 is 22.9 Å². The summed E-state index contributed by atoms with van der Waals surface area (Å²) < 4.78 is 5.50. The predicted octanol–water partition coefficient (Wildman–Crippen LogP) is 4.85. The van der Waals surface area contributed by atoms with Gasteiger partial charge in [0.05, 0.1) is 17.2 Å². The molecule has 150 valence electrons. The number of aromatic nitrogens is 1. The minimum Gasteiger partial charge on any atom is -0.484 e. The second-order valence-electron chi connectivity index (χ2n) is 6.76. The van der Waals surface area contributed by atoms with Gasteiger partial charge in [-0.3, -0.25) is 9.59 Å². The zero-order valence-electron chi connectivity index (χ0n) is 16.1. The van der Waals surface area contributed by atoms with Crippen molar-refractivity contribution >= 4 is 34.6 Å². The zero-order chi connectivity index (χ0) is 20.8. The molecule has 3 rings (SSSR count). The number of amides is 1. The molecular formula is C22H21ClN2O3S. The molecule has 0 saturated carbocycles. The summed E-state index contributed by atoms with van der Waals surface area (Å²) in [5.41, 5.74) is 1.94. The fourth-order valence-corrected chi connectivity index (χ4v) is 3.49. The van der Waals surface area contributed by atoms with Gasteiger partial charge in [0.25, 0.3) is 5.91 Å². The van der Waals surface area contributed by atoms with Crippen LogP contribution in [0.25, 0.3) is 0 Å². The maximum atomic E-state index is 12.4. The Hall–Kier alpha value is -2.70. The molecule has 29 heavy (non-hydrogen) atoms. The number of rotatable bonds is 8. The van der Waals surface area contributed by atoms with E-state index in [2.05, 4.69) is 24.1 Å². The first-order valence-electron chi connectivity index (χ1n) is 9.16. The van der Waals surface area contributed by atoms with Crippen LogP contribution in [0.3, 0.4) is 0 Å². The van der Waals surface area contributed by atoms with Crippen molar-refractivity contribution in [1.29, 1.82) is 0 Å². The fraction of sp³-hybridized carbons (Fsp3) is 0.227. The molecule has 1 heterocycles. The minimum absolute atomic E-state index is 0.102. The lowest BCUT2D eigenvalue weighted by atomic mass is 10.0. The summed E-state index contributed by atoms with van der Waals surface area (Å²) in [6, 6.07) is 13.4. The van der Waals surface area contributed by atoms with Gasteiger partial charge in [0.1, 0.15) is 5.75 Å². The van der Waals surface area contributed by atoms with Crippen LogP contribution in [0, 0.1) is 0 Å². The van der Waals surface area contributed by atoms with Crippen LogP contribution in [0.4, 0.5) is 0 Å². The van der Waals surface area contributed by atoms with Crippen LogP contribution in [0.5, 0.6) is 5.75 Å². The van der Waals surface area contributed by atoms with Gasteiger partial charge in [-0.2, -0.15) is 0 Å². The summed E-state index contributed by atoms with van der Waals surface area (Å²) in [5.74, 6) is 0.561. The molecule has 0 saturated heterocycles. The number of hydrogen-bond donors (Lipinski definition) is 1. The molecular weight excluding hydrogens is 408 g/mol. The summed E-state index contributed by atoms with van der Waals surface area (Å²) in [6.07, 6.45) is 0. The zero-order valence-corrected chi connectivity index (χ0v) is 17.7. The molecule has 0 unspecified atom stereocenters. The molecule has 0 bridgehead atoms.